The van der Waals surface area contributed by atoms with Gasteiger partial charge in [-0.1, -0.05) is 88.6 Å². The summed E-state index contributed by atoms with van der Waals surface area (Å²) >= 11 is 6.19. The number of aromatic nitrogens is 4. The molecule has 45 heavy (non-hydrogen) atoms. The van der Waals surface area contributed by atoms with Crippen LogP contribution in [0, 0.1) is 17.8 Å². The molecule has 0 saturated carbocycles. The van der Waals surface area contributed by atoms with E-state index in [1.54, 1.807) is 69.6 Å². The van der Waals surface area contributed by atoms with Crippen LogP contribution in [0.1, 0.15) is 53.6 Å². The van der Waals surface area contributed by atoms with E-state index in [1.165, 1.54) is 23.5 Å². The van der Waals surface area contributed by atoms with Gasteiger partial charge in [-0.2, -0.15) is 4.98 Å². The molecule has 3 aliphatic heterocycles. The molecule has 13 nitrogen and oxygen atoms in total. The third kappa shape index (κ3) is 7.11. The molecule has 1 fully saturated rings. The first-order valence-corrected chi connectivity index (χ1v) is 17.6. The molecule has 4 atom stereocenters. The Morgan fingerprint density at radius 3 is 2.18 bits per heavy atom. The topological polar surface area (TPSA) is 178 Å². The van der Waals surface area contributed by atoms with Gasteiger partial charge in [0.15, 0.2) is 35.4 Å². The summed E-state index contributed by atoms with van der Waals surface area (Å²) in [5, 5.41) is 5.90. The van der Waals surface area contributed by atoms with Gasteiger partial charge in [0.25, 0.3) is 5.56 Å². The van der Waals surface area contributed by atoms with Crippen molar-refractivity contribution in [2.45, 2.75) is 66.1 Å². The van der Waals surface area contributed by atoms with Crippen LogP contribution in [0.15, 0.2) is 29.5 Å². The van der Waals surface area contributed by atoms with Crippen LogP contribution in [0.5, 0.6) is 0 Å². The summed E-state index contributed by atoms with van der Waals surface area (Å²) in [7, 11) is 0. The van der Waals surface area contributed by atoms with E-state index < -0.39 is 65.8 Å². The monoisotopic (exact) mass is 695 g/mol. The fourth-order valence-corrected chi connectivity index (χ4v) is 8.78. The zero-order valence-electron chi connectivity index (χ0n) is 25.3. The molecule has 3 N–H and O–H groups in total. The Labute approximate surface area is 275 Å². The number of rotatable bonds is 9. The highest BCUT2D eigenvalue weighted by atomic mass is 32.2. The highest BCUT2D eigenvalue weighted by Gasteiger charge is 2.53. The molecular formula is C28H33N5O8S4. The fourth-order valence-electron chi connectivity index (χ4n) is 4.35. The Morgan fingerprint density at radius 1 is 0.933 bits per heavy atom. The van der Waals surface area contributed by atoms with E-state index in [2.05, 4.69) is 15.0 Å². The number of H-pyrrole nitrogens is 1. The third-order valence-electron chi connectivity index (χ3n) is 6.69. The van der Waals surface area contributed by atoms with Crippen LogP contribution >= 0.6 is 47.0 Å². The number of esters is 3. The Bertz CT molecular complexity index is 1650. The van der Waals surface area contributed by atoms with Gasteiger partial charge in [-0.05, 0) is 16.2 Å². The number of anilines is 1. The Kier molecular flexibility index (Phi) is 10.3. The summed E-state index contributed by atoms with van der Waals surface area (Å²) in [6, 6.07) is 0. The SMILES string of the molecule is CC(C)C(=O)OC[C@H]1OC(n2c(C3=CSC(=C4SC=CS4)S3)nc3c(=O)[nH]c(N)nc32)[C@H](OC(=O)C(C)C)[C@@H]1OC(=O)C(C)C. The van der Waals surface area contributed by atoms with Crippen molar-refractivity contribution in [3.8, 4) is 0 Å². The molecule has 2 aromatic heterocycles. The smallest absolute Gasteiger partial charge is 0.308 e. The van der Waals surface area contributed by atoms with E-state index >= 15 is 0 Å². The molecule has 1 unspecified atom stereocenters. The molecule has 242 valence electrons. The molecule has 2 aromatic rings. The number of hydrogen-bond acceptors (Lipinski definition) is 15. The predicted molar refractivity (Wildman–Crippen MR) is 176 cm³/mol. The lowest BCUT2D eigenvalue weighted by Crippen LogP contribution is -2.42. The highest BCUT2D eigenvalue weighted by molar-refractivity contribution is 8.35. The minimum absolute atomic E-state index is 0.0129. The van der Waals surface area contributed by atoms with E-state index in [-0.39, 0.29) is 23.7 Å². The van der Waals surface area contributed by atoms with Crippen molar-refractivity contribution in [3.05, 3.63) is 40.9 Å². The lowest BCUT2D eigenvalue weighted by molar-refractivity contribution is -0.173. The van der Waals surface area contributed by atoms with Gasteiger partial charge >= 0.3 is 17.9 Å². The predicted octanol–water partition coefficient (Wildman–Crippen LogP) is 4.79. The van der Waals surface area contributed by atoms with Crippen molar-refractivity contribution >= 4 is 87.0 Å². The summed E-state index contributed by atoms with van der Waals surface area (Å²) in [5.41, 5.74) is 5.47. The zero-order chi connectivity index (χ0) is 32.6. The first-order valence-electron chi connectivity index (χ1n) is 14.1. The fraction of sp³-hybridized carbons (Fsp3) is 0.500. The Balaban J connectivity index is 1.64. The van der Waals surface area contributed by atoms with Crippen LogP contribution in [0.4, 0.5) is 5.95 Å². The van der Waals surface area contributed by atoms with Crippen LogP contribution in [0.2, 0.25) is 0 Å². The standard InChI is InChI=1S/C28H33N5O8S4/c1-11(2)23(35)38-9-14-17(40-24(36)12(3)4)18(41-25(37)13(5)6)22(39-14)33-19(30-16-20(33)31-28(29)32-21(16)34)15-10-44-27(45-15)26-42-7-8-43-26/h7-8,10-14,17-18,22H,9H2,1-6H3,(H3,29,31,32,34)/t14-,17-,18-,22?/m1/s1. The van der Waals surface area contributed by atoms with E-state index in [1.807, 2.05) is 16.2 Å². The molecule has 5 heterocycles. The van der Waals surface area contributed by atoms with Crippen molar-refractivity contribution < 1.29 is 33.3 Å². The average molecular weight is 696 g/mol. The number of thioether (sulfide) groups is 4. The molecule has 0 bridgehead atoms. The second-order valence-electron chi connectivity index (χ2n) is 11.2. The van der Waals surface area contributed by atoms with Gasteiger partial charge in [0.05, 0.1) is 31.1 Å². The molecule has 0 aromatic carbocycles. The molecule has 0 amide bonds. The number of nitrogens with two attached hydrogens (primary N) is 1. The number of imidazole rings is 1. The number of carbonyl (C=O) groups is 3. The number of nitrogen functional groups attached to an aromatic ring is 1. The highest BCUT2D eigenvalue weighted by Crippen LogP contribution is 2.56. The molecule has 0 spiro atoms. The summed E-state index contributed by atoms with van der Waals surface area (Å²) < 4.78 is 27.5. The first-order chi connectivity index (χ1) is 21.3. The summed E-state index contributed by atoms with van der Waals surface area (Å²) in [6.07, 6.45) is -4.64. The van der Waals surface area contributed by atoms with E-state index in [9.17, 15) is 19.2 Å². The molecule has 5 rings (SSSR count). The van der Waals surface area contributed by atoms with Crippen LogP contribution in [-0.4, -0.2) is 62.3 Å². The maximum Gasteiger partial charge on any atom is 0.308 e. The molecule has 0 aliphatic carbocycles. The van der Waals surface area contributed by atoms with Crippen molar-refractivity contribution in [3.63, 3.8) is 0 Å². The van der Waals surface area contributed by atoms with E-state index in [0.29, 0.717) is 10.7 Å². The van der Waals surface area contributed by atoms with Crippen LogP contribution < -0.4 is 11.3 Å². The minimum atomic E-state index is -1.23. The second kappa shape index (κ2) is 13.9. The minimum Gasteiger partial charge on any atom is -0.463 e. The number of aromatic amines is 1. The molecule has 3 aliphatic rings. The number of hydrogen-bond donors (Lipinski definition) is 2. The zero-order valence-corrected chi connectivity index (χ0v) is 28.6. The first kappa shape index (κ1) is 33.5. The molecule has 1 saturated heterocycles. The average Bonchev–Trinajstić information content (AvgIpc) is 3.78. The van der Waals surface area contributed by atoms with Gasteiger partial charge in [0.2, 0.25) is 5.95 Å². The summed E-state index contributed by atoms with van der Waals surface area (Å²) in [6.45, 7) is 9.77. The van der Waals surface area contributed by atoms with Crippen molar-refractivity contribution in [1.29, 1.82) is 0 Å². The normalized spacial score (nSPS) is 23.1. The third-order valence-corrected chi connectivity index (χ3v) is 11.7. The van der Waals surface area contributed by atoms with Gasteiger partial charge in [0.1, 0.15) is 12.7 Å². The number of fused-ring (bicyclic) bond motifs is 1. The van der Waals surface area contributed by atoms with E-state index in [0.717, 1.165) is 8.47 Å². The number of nitrogens with one attached hydrogen (secondary N) is 1. The van der Waals surface area contributed by atoms with Crippen molar-refractivity contribution in [2.24, 2.45) is 17.8 Å². The molecular weight excluding hydrogens is 663 g/mol. The van der Waals surface area contributed by atoms with Crippen LogP contribution in [0.25, 0.3) is 16.1 Å². The van der Waals surface area contributed by atoms with Gasteiger partial charge in [-0.25, -0.2) is 4.98 Å². The van der Waals surface area contributed by atoms with Crippen LogP contribution in [0.3, 0.4) is 0 Å². The van der Waals surface area contributed by atoms with Crippen molar-refractivity contribution in [1.82, 2.24) is 19.5 Å². The van der Waals surface area contributed by atoms with Gasteiger partial charge < -0.3 is 24.7 Å². The second-order valence-corrected chi connectivity index (χ2v) is 15.5. The van der Waals surface area contributed by atoms with Gasteiger partial charge in [-0.15, -0.1) is 0 Å². The quantitative estimate of drug-likeness (QED) is 0.270. The van der Waals surface area contributed by atoms with Gasteiger partial charge in [-0.3, -0.25) is 28.7 Å². The molecule has 0 radical (unpaired) electrons. The largest absolute Gasteiger partial charge is 0.463 e. The maximum absolute atomic E-state index is 13.1. The lowest BCUT2D eigenvalue weighted by Gasteiger charge is -2.26. The van der Waals surface area contributed by atoms with Crippen molar-refractivity contribution in [2.75, 3.05) is 12.3 Å². The van der Waals surface area contributed by atoms with E-state index in [4.69, 9.17) is 24.7 Å². The van der Waals surface area contributed by atoms with Crippen LogP contribution in [-0.2, 0) is 33.3 Å². The number of ether oxygens (including phenoxy) is 4. The Hall–Kier alpha value is -2.86. The maximum atomic E-state index is 13.1. The van der Waals surface area contributed by atoms with Gasteiger partial charge in [0, 0.05) is 0 Å². The number of carbonyl (C=O) groups excluding carboxylic acids is 3. The molecule has 17 heteroatoms. The number of nitrogens with zero attached hydrogens (tertiary/aromatic N) is 3. The summed E-state index contributed by atoms with van der Waals surface area (Å²) in [5.74, 6) is -2.94. The lowest BCUT2D eigenvalue weighted by atomic mass is 10.1. The summed E-state index contributed by atoms with van der Waals surface area (Å²) in [4.78, 5) is 63.7. The Morgan fingerprint density at radius 2 is 1.56 bits per heavy atom.